The molecular formula is C20H24OSi. The van der Waals surface area contributed by atoms with Gasteiger partial charge < -0.3 is 4.74 Å². The summed E-state index contributed by atoms with van der Waals surface area (Å²) in [5.74, 6) is 0.921. The number of allylic oxidation sites excluding steroid dienone is 2. The molecule has 0 atom stereocenters. The summed E-state index contributed by atoms with van der Waals surface area (Å²) >= 11 is 0. The summed E-state index contributed by atoms with van der Waals surface area (Å²) < 4.78 is 5.53. The third-order valence-electron chi connectivity index (χ3n) is 3.26. The SMILES string of the molecule is COc1ccccc1C(/C=C/c1ccccc1)=C/[Si](C)(C)C. The van der Waals surface area contributed by atoms with Crippen LogP contribution in [0.15, 0.2) is 66.4 Å². The van der Waals surface area contributed by atoms with Gasteiger partial charge in [0.15, 0.2) is 0 Å². The van der Waals surface area contributed by atoms with E-state index in [1.165, 1.54) is 11.1 Å². The van der Waals surface area contributed by atoms with Gasteiger partial charge in [-0.3, -0.25) is 0 Å². The van der Waals surface area contributed by atoms with Crippen LogP contribution in [-0.2, 0) is 0 Å². The first-order chi connectivity index (χ1) is 10.5. The molecule has 0 aromatic heterocycles. The molecule has 0 saturated carbocycles. The number of para-hydroxylation sites is 1. The zero-order chi connectivity index (χ0) is 16.0. The van der Waals surface area contributed by atoms with Crippen LogP contribution in [0, 0.1) is 0 Å². The highest BCUT2D eigenvalue weighted by Crippen LogP contribution is 2.28. The van der Waals surface area contributed by atoms with Crippen LogP contribution in [0.25, 0.3) is 11.6 Å². The van der Waals surface area contributed by atoms with Crippen LogP contribution in [0.3, 0.4) is 0 Å². The van der Waals surface area contributed by atoms with E-state index in [1.807, 2.05) is 18.2 Å². The fourth-order valence-corrected chi connectivity index (χ4v) is 3.50. The number of rotatable bonds is 5. The zero-order valence-corrected chi connectivity index (χ0v) is 14.8. The van der Waals surface area contributed by atoms with Crippen LogP contribution < -0.4 is 4.74 Å². The average molecular weight is 308 g/mol. The number of ether oxygens (including phenoxy) is 1. The van der Waals surface area contributed by atoms with Crippen molar-refractivity contribution in [2.45, 2.75) is 19.6 Å². The first-order valence-corrected chi connectivity index (χ1v) is 11.2. The van der Waals surface area contributed by atoms with E-state index in [4.69, 9.17) is 4.74 Å². The first-order valence-electron chi connectivity index (χ1n) is 7.59. The lowest BCUT2D eigenvalue weighted by Gasteiger charge is -2.15. The van der Waals surface area contributed by atoms with E-state index in [9.17, 15) is 0 Å². The van der Waals surface area contributed by atoms with Gasteiger partial charge in [-0.2, -0.15) is 0 Å². The largest absolute Gasteiger partial charge is 0.496 e. The Bertz CT molecular complexity index is 664. The van der Waals surface area contributed by atoms with Crippen molar-refractivity contribution in [2.24, 2.45) is 0 Å². The Labute approximate surface area is 135 Å². The molecule has 0 bridgehead atoms. The van der Waals surface area contributed by atoms with E-state index >= 15 is 0 Å². The van der Waals surface area contributed by atoms with E-state index in [0.717, 1.165) is 11.3 Å². The maximum Gasteiger partial charge on any atom is 0.126 e. The lowest BCUT2D eigenvalue weighted by Crippen LogP contribution is -2.16. The minimum atomic E-state index is -1.35. The molecule has 2 rings (SSSR count). The topological polar surface area (TPSA) is 9.23 Å². The maximum atomic E-state index is 5.53. The fourth-order valence-electron chi connectivity index (χ4n) is 2.32. The monoisotopic (exact) mass is 308 g/mol. The van der Waals surface area contributed by atoms with Gasteiger partial charge in [0.05, 0.1) is 15.2 Å². The Kier molecular flexibility index (Phi) is 5.39. The van der Waals surface area contributed by atoms with Crippen LogP contribution >= 0.6 is 0 Å². The Hall–Kier alpha value is -2.06. The van der Waals surface area contributed by atoms with Crippen LogP contribution in [0.2, 0.25) is 19.6 Å². The molecule has 0 heterocycles. The highest BCUT2D eigenvalue weighted by atomic mass is 28.3. The van der Waals surface area contributed by atoms with E-state index < -0.39 is 8.07 Å². The molecule has 0 saturated heterocycles. The van der Waals surface area contributed by atoms with Gasteiger partial charge in [0.1, 0.15) is 5.75 Å². The van der Waals surface area contributed by atoms with Gasteiger partial charge in [-0.15, -0.1) is 0 Å². The second-order valence-corrected chi connectivity index (χ2v) is 11.4. The first kappa shape index (κ1) is 16.3. The normalized spacial score (nSPS) is 12.6. The Morgan fingerprint density at radius 3 is 2.18 bits per heavy atom. The molecule has 0 fully saturated rings. The summed E-state index contributed by atoms with van der Waals surface area (Å²) in [5.41, 5.74) is 6.02. The molecule has 0 spiro atoms. The van der Waals surface area contributed by atoms with Crippen molar-refractivity contribution in [3.8, 4) is 5.75 Å². The second kappa shape index (κ2) is 7.28. The minimum absolute atomic E-state index is 0.921. The van der Waals surface area contributed by atoms with Gasteiger partial charge in [-0.1, -0.05) is 86.0 Å². The molecule has 0 aliphatic heterocycles. The van der Waals surface area contributed by atoms with Crippen molar-refractivity contribution in [1.82, 2.24) is 0 Å². The van der Waals surface area contributed by atoms with Gasteiger partial charge in [0.25, 0.3) is 0 Å². The Morgan fingerprint density at radius 1 is 0.909 bits per heavy atom. The van der Waals surface area contributed by atoms with Gasteiger partial charge in [0, 0.05) is 5.56 Å². The van der Waals surface area contributed by atoms with Crippen molar-refractivity contribution in [1.29, 1.82) is 0 Å². The highest BCUT2D eigenvalue weighted by Gasteiger charge is 2.13. The molecule has 2 aromatic carbocycles. The molecule has 0 aliphatic carbocycles. The average Bonchev–Trinajstić information content (AvgIpc) is 2.51. The van der Waals surface area contributed by atoms with Gasteiger partial charge in [-0.25, -0.2) is 0 Å². The standard InChI is InChI=1S/C20H24OSi/c1-21-20-13-9-8-12-19(20)18(16-22(2,3)4)15-14-17-10-6-5-7-11-17/h5-16H,1-4H3/b15-14+,18-16+. The van der Waals surface area contributed by atoms with Gasteiger partial charge in [0.2, 0.25) is 0 Å². The molecule has 0 amide bonds. The molecular weight excluding hydrogens is 284 g/mol. The number of hydrogen-bond acceptors (Lipinski definition) is 1. The lowest BCUT2D eigenvalue weighted by molar-refractivity contribution is 0.413. The predicted octanol–water partition coefficient (Wildman–Crippen LogP) is 5.67. The smallest absolute Gasteiger partial charge is 0.126 e. The molecule has 0 radical (unpaired) electrons. The van der Waals surface area contributed by atoms with E-state index in [-0.39, 0.29) is 0 Å². The van der Waals surface area contributed by atoms with Gasteiger partial charge >= 0.3 is 0 Å². The molecule has 1 nitrogen and oxygen atoms in total. The zero-order valence-electron chi connectivity index (χ0n) is 13.8. The second-order valence-electron chi connectivity index (χ2n) is 6.41. The lowest BCUT2D eigenvalue weighted by atomic mass is 10.0. The molecule has 2 aromatic rings. The van der Waals surface area contributed by atoms with Crippen molar-refractivity contribution in [2.75, 3.05) is 7.11 Å². The van der Waals surface area contributed by atoms with E-state index in [0.29, 0.717) is 0 Å². The van der Waals surface area contributed by atoms with Crippen LogP contribution in [0.4, 0.5) is 0 Å². The van der Waals surface area contributed by atoms with Crippen LogP contribution in [0.5, 0.6) is 5.75 Å². The third-order valence-corrected chi connectivity index (χ3v) is 4.44. The number of methoxy groups -OCH3 is 1. The maximum absolute atomic E-state index is 5.53. The molecule has 0 N–H and O–H groups in total. The van der Waals surface area contributed by atoms with Crippen molar-refractivity contribution >= 4 is 19.7 Å². The van der Waals surface area contributed by atoms with E-state index in [2.05, 4.69) is 73.9 Å². The third kappa shape index (κ3) is 4.74. The summed E-state index contributed by atoms with van der Waals surface area (Å²) in [7, 11) is 0.382. The molecule has 0 aliphatic rings. The summed E-state index contributed by atoms with van der Waals surface area (Å²) in [5, 5.41) is 0. The summed E-state index contributed by atoms with van der Waals surface area (Å²) in [6, 6.07) is 18.6. The Morgan fingerprint density at radius 2 is 1.55 bits per heavy atom. The van der Waals surface area contributed by atoms with Crippen LogP contribution in [0.1, 0.15) is 11.1 Å². The predicted molar refractivity (Wildman–Crippen MR) is 99.8 cm³/mol. The van der Waals surface area contributed by atoms with Crippen LogP contribution in [-0.4, -0.2) is 15.2 Å². The fraction of sp³-hybridized carbons (Fsp3) is 0.200. The quantitative estimate of drug-likeness (QED) is 0.511. The van der Waals surface area contributed by atoms with E-state index in [1.54, 1.807) is 7.11 Å². The molecule has 2 heteroatoms. The summed E-state index contributed by atoms with van der Waals surface area (Å²) in [6.45, 7) is 7.04. The number of hydrogen-bond donors (Lipinski definition) is 0. The molecule has 22 heavy (non-hydrogen) atoms. The molecule has 114 valence electrons. The Balaban J connectivity index is 2.44. The van der Waals surface area contributed by atoms with Crippen molar-refractivity contribution in [3.05, 3.63) is 77.5 Å². The summed E-state index contributed by atoms with van der Waals surface area (Å²) in [6.07, 6.45) is 4.36. The van der Waals surface area contributed by atoms with Crippen molar-refractivity contribution < 1.29 is 4.74 Å². The number of benzene rings is 2. The highest BCUT2D eigenvalue weighted by molar-refractivity contribution is 6.81. The summed E-state index contributed by atoms with van der Waals surface area (Å²) in [4.78, 5) is 0. The molecule has 0 unspecified atom stereocenters. The minimum Gasteiger partial charge on any atom is -0.496 e. The van der Waals surface area contributed by atoms with Crippen molar-refractivity contribution in [3.63, 3.8) is 0 Å². The van der Waals surface area contributed by atoms with Gasteiger partial charge in [-0.05, 0) is 17.2 Å².